The van der Waals surface area contributed by atoms with Crippen molar-refractivity contribution in [2.24, 2.45) is 0 Å². The molecule has 1 aliphatic rings. The monoisotopic (exact) mass is 256 g/mol. The van der Waals surface area contributed by atoms with Crippen LogP contribution in [-0.2, 0) is 9.59 Å². The summed E-state index contributed by atoms with van der Waals surface area (Å²) in [5, 5.41) is 9.58. The molecule has 104 valence electrons. The molecule has 1 rings (SSSR count). The van der Waals surface area contributed by atoms with Crippen molar-refractivity contribution in [3.8, 4) is 0 Å². The van der Waals surface area contributed by atoms with Crippen LogP contribution in [0.15, 0.2) is 0 Å². The molecule has 1 heterocycles. The Kier molecular flexibility index (Phi) is 5.14. The Hall–Kier alpha value is -1.10. The number of hydrogen-bond donors (Lipinski definition) is 1. The number of carboxylic acids is 1. The van der Waals surface area contributed by atoms with Crippen LogP contribution in [0.5, 0.6) is 0 Å². The number of carbonyl (C=O) groups is 2. The Balaban J connectivity index is 2.93. The number of amides is 1. The zero-order chi connectivity index (χ0) is 13.8. The zero-order valence-electron chi connectivity index (χ0n) is 11.6. The van der Waals surface area contributed by atoms with E-state index in [9.17, 15) is 14.7 Å². The molecule has 0 atom stereocenters. The normalized spacial score (nSPS) is 19.5. The molecular weight excluding hydrogens is 232 g/mol. The second-order valence-electron chi connectivity index (χ2n) is 4.94. The van der Waals surface area contributed by atoms with Gasteiger partial charge >= 0.3 is 5.97 Å². The van der Waals surface area contributed by atoms with Gasteiger partial charge in [0.1, 0.15) is 5.54 Å². The first kappa shape index (κ1) is 15.0. The molecule has 0 aliphatic carbocycles. The fourth-order valence-corrected chi connectivity index (χ4v) is 2.73. The van der Waals surface area contributed by atoms with Crippen molar-refractivity contribution in [2.45, 2.75) is 45.6 Å². The summed E-state index contributed by atoms with van der Waals surface area (Å²) in [5.41, 5.74) is -0.993. The fourth-order valence-electron chi connectivity index (χ4n) is 2.73. The summed E-state index contributed by atoms with van der Waals surface area (Å²) in [6.07, 6.45) is 1.83. The fraction of sp³-hybridized carbons (Fsp3) is 0.846. The summed E-state index contributed by atoms with van der Waals surface area (Å²) in [5.74, 6) is -0.994. The molecule has 1 saturated heterocycles. The Labute approximate surface area is 109 Å². The molecule has 0 aromatic carbocycles. The molecular formula is C13H24N2O3. The molecule has 1 N–H and O–H groups in total. The van der Waals surface area contributed by atoms with Gasteiger partial charge in [-0.1, -0.05) is 13.8 Å². The maximum Gasteiger partial charge on any atom is 0.329 e. The van der Waals surface area contributed by atoms with E-state index in [0.29, 0.717) is 19.4 Å². The molecule has 0 saturated carbocycles. The van der Waals surface area contributed by atoms with Gasteiger partial charge in [0.15, 0.2) is 0 Å². The van der Waals surface area contributed by atoms with Crippen LogP contribution in [0.4, 0.5) is 0 Å². The van der Waals surface area contributed by atoms with E-state index < -0.39 is 11.5 Å². The number of carbonyl (C=O) groups excluding carboxylic acids is 1. The molecule has 18 heavy (non-hydrogen) atoms. The van der Waals surface area contributed by atoms with E-state index >= 15 is 0 Å². The van der Waals surface area contributed by atoms with Gasteiger partial charge in [-0.05, 0) is 25.8 Å². The summed E-state index contributed by atoms with van der Waals surface area (Å²) < 4.78 is 0. The average Bonchev–Trinajstić information content (AvgIpc) is 2.35. The van der Waals surface area contributed by atoms with E-state index in [-0.39, 0.29) is 5.91 Å². The van der Waals surface area contributed by atoms with Gasteiger partial charge in [0, 0.05) is 26.6 Å². The van der Waals surface area contributed by atoms with Gasteiger partial charge in [0.2, 0.25) is 5.91 Å². The van der Waals surface area contributed by atoms with Crippen LogP contribution in [0.3, 0.4) is 0 Å². The highest BCUT2D eigenvalue weighted by Crippen LogP contribution is 2.30. The van der Waals surface area contributed by atoms with E-state index in [2.05, 4.69) is 11.8 Å². The molecule has 0 spiro atoms. The molecule has 0 unspecified atom stereocenters. The molecule has 0 aromatic rings. The van der Waals surface area contributed by atoms with Gasteiger partial charge in [0.25, 0.3) is 0 Å². The van der Waals surface area contributed by atoms with Crippen LogP contribution in [0, 0.1) is 0 Å². The number of piperidine rings is 1. The standard InChI is InChI=1S/C13H24N2O3/c1-4-8-15(11(3)16)13(12(17)18)6-9-14(5-2)10-7-13/h4-10H2,1-3H3,(H,17,18). The van der Waals surface area contributed by atoms with Crippen LogP contribution in [0.25, 0.3) is 0 Å². The van der Waals surface area contributed by atoms with Crippen LogP contribution in [-0.4, -0.2) is 58.5 Å². The van der Waals surface area contributed by atoms with Crippen molar-refractivity contribution < 1.29 is 14.7 Å². The quantitative estimate of drug-likeness (QED) is 0.802. The Morgan fingerprint density at radius 3 is 2.17 bits per heavy atom. The van der Waals surface area contributed by atoms with Crippen LogP contribution < -0.4 is 0 Å². The highest BCUT2D eigenvalue weighted by Gasteiger charge is 2.47. The first-order valence-electron chi connectivity index (χ1n) is 6.72. The van der Waals surface area contributed by atoms with Gasteiger partial charge in [-0.15, -0.1) is 0 Å². The molecule has 0 radical (unpaired) electrons. The summed E-state index contributed by atoms with van der Waals surface area (Å²) >= 11 is 0. The second kappa shape index (κ2) is 6.18. The molecule has 1 amide bonds. The topological polar surface area (TPSA) is 60.9 Å². The number of rotatable bonds is 5. The third kappa shape index (κ3) is 2.83. The smallest absolute Gasteiger partial charge is 0.329 e. The minimum Gasteiger partial charge on any atom is -0.479 e. The average molecular weight is 256 g/mol. The van der Waals surface area contributed by atoms with E-state index in [1.54, 1.807) is 4.90 Å². The van der Waals surface area contributed by atoms with Gasteiger partial charge in [0.05, 0.1) is 0 Å². The predicted molar refractivity (Wildman–Crippen MR) is 69.4 cm³/mol. The zero-order valence-corrected chi connectivity index (χ0v) is 11.6. The van der Waals surface area contributed by atoms with E-state index in [0.717, 1.165) is 26.1 Å². The number of likely N-dealkylation sites (tertiary alicyclic amines) is 1. The highest BCUT2D eigenvalue weighted by atomic mass is 16.4. The van der Waals surface area contributed by atoms with Gasteiger partial charge in [-0.2, -0.15) is 0 Å². The lowest BCUT2D eigenvalue weighted by atomic mass is 9.85. The Bertz CT molecular complexity index is 309. The van der Waals surface area contributed by atoms with Crippen molar-refractivity contribution in [2.75, 3.05) is 26.2 Å². The number of nitrogens with zero attached hydrogens (tertiary/aromatic N) is 2. The van der Waals surface area contributed by atoms with Crippen LogP contribution >= 0.6 is 0 Å². The second-order valence-corrected chi connectivity index (χ2v) is 4.94. The first-order valence-corrected chi connectivity index (χ1v) is 6.72. The summed E-state index contributed by atoms with van der Waals surface area (Å²) in [4.78, 5) is 27.2. The maximum absolute atomic E-state index is 11.7. The summed E-state index contributed by atoms with van der Waals surface area (Å²) in [6, 6.07) is 0. The lowest BCUT2D eigenvalue weighted by Gasteiger charge is -2.45. The number of aliphatic carboxylic acids is 1. The Morgan fingerprint density at radius 1 is 1.28 bits per heavy atom. The van der Waals surface area contributed by atoms with E-state index in [1.165, 1.54) is 6.92 Å². The van der Waals surface area contributed by atoms with Gasteiger partial charge in [-0.25, -0.2) is 4.79 Å². The maximum atomic E-state index is 11.7. The van der Waals surface area contributed by atoms with Crippen molar-refractivity contribution >= 4 is 11.9 Å². The van der Waals surface area contributed by atoms with Crippen molar-refractivity contribution in [3.63, 3.8) is 0 Å². The SMILES string of the molecule is CCCN(C(C)=O)C1(C(=O)O)CCN(CC)CC1. The van der Waals surface area contributed by atoms with Crippen LogP contribution in [0.1, 0.15) is 40.0 Å². The van der Waals surface area contributed by atoms with Crippen molar-refractivity contribution in [1.82, 2.24) is 9.80 Å². The molecule has 1 fully saturated rings. The van der Waals surface area contributed by atoms with E-state index in [1.807, 2.05) is 6.92 Å². The Morgan fingerprint density at radius 2 is 1.83 bits per heavy atom. The highest BCUT2D eigenvalue weighted by molar-refractivity contribution is 5.86. The van der Waals surface area contributed by atoms with Gasteiger partial charge < -0.3 is 14.9 Å². The predicted octanol–water partition coefficient (Wildman–Crippen LogP) is 1.18. The lowest BCUT2D eigenvalue weighted by molar-refractivity contribution is -0.162. The third-order valence-electron chi connectivity index (χ3n) is 3.87. The molecule has 0 aromatic heterocycles. The van der Waals surface area contributed by atoms with Gasteiger partial charge in [-0.3, -0.25) is 4.79 Å². The summed E-state index contributed by atoms with van der Waals surface area (Å²) in [7, 11) is 0. The lowest BCUT2D eigenvalue weighted by Crippen LogP contribution is -2.61. The first-order chi connectivity index (χ1) is 8.47. The number of carboxylic acid groups (broad SMARTS) is 1. The molecule has 5 heteroatoms. The minimum atomic E-state index is -0.993. The molecule has 0 bridgehead atoms. The summed E-state index contributed by atoms with van der Waals surface area (Å²) in [6.45, 7) is 8.45. The van der Waals surface area contributed by atoms with Crippen molar-refractivity contribution in [1.29, 1.82) is 0 Å². The van der Waals surface area contributed by atoms with Crippen LogP contribution in [0.2, 0.25) is 0 Å². The largest absolute Gasteiger partial charge is 0.479 e. The van der Waals surface area contributed by atoms with E-state index in [4.69, 9.17) is 0 Å². The van der Waals surface area contributed by atoms with Crippen molar-refractivity contribution in [3.05, 3.63) is 0 Å². The molecule has 1 aliphatic heterocycles. The minimum absolute atomic E-state index is 0.135. The molecule has 5 nitrogen and oxygen atoms in total. The third-order valence-corrected chi connectivity index (χ3v) is 3.87. The number of hydrogen-bond acceptors (Lipinski definition) is 3.